The molecule has 0 saturated heterocycles. The summed E-state index contributed by atoms with van der Waals surface area (Å²) in [6.45, 7) is 3.00. The minimum absolute atomic E-state index is 0.239. The van der Waals surface area contributed by atoms with E-state index >= 15 is 0 Å². The quantitative estimate of drug-likeness (QED) is 0.458. The summed E-state index contributed by atoms with van der Waals surface area (Å²) in [6, 6.07) is 10.7. The topological polar surface area (TPSA) is 30.3 Å². The van der Waals surface area contributed by atoms with E-state index in [0.29, 0.717) is 11.6 Å². The van der Waals surface area contributed by atoms with Crippen molar-refractivity contribution in [3.05, 3.63) is 75.6 Å². The normalized spacial score (nSPS) is 14.6. The van der Waals surface area contributed by atoms with Crippen LogP contribution < -0.4 is 4.74 Å². The predicted molar refractivity (Wildman–Crippen MR) is 110 cm³/mol. The van der Waals surface area contributed by atoms with E-state index in [9.17, 15) is 4.39 Å². The minimum atomic E-state index is -0.239. The van der Waals surface area contributed by atoms with Crippen molar-refractivity contribution in [2.24, 2.45) is 0 Å². The molecule has 0 spiro atoms. The average molecular weight is 414 g/mol. The highest BCUT2D eigenvalue weighted by atomic mass is 35.5. The van der Waals surface area contributed by atoms with E-state index in [2.05, 4.69) is 16.0 Å². The molecule has 4 aromatic rings. The van der Waals surface area contributed by atoms with Crippen LogP contribution in [0.4, 0.5) is 4.39 Å². The zero-order valence-electron chi connectivity index (χ0n) is 14.9. The molecule has 0 saturated carbocycles. The Labute approximate surface area is 170 Å². The fourth-order valence-electron chi connectivity index (χ4n) is 3.66. The fraction of sp³-hybridized carbons (Fsp3) is 0.190. The van der Waals surface area contributed by atoms with Gasteiger partial charge in [-0.2, -0.15) is 0 Å². The van der Waals surface area contributed by atoms with Crippen molar-refractivity contribution in [1.82, 2.24) is 14.5 Å². The molecule has 2 aromatic carbocycles. The highest BCUT2D eigenvalue weighted by Crippen LogP contribution is 2.35. The van der Waals surface area contributed by atoms with Crippen LogP contribution in [0.15, 0.2) is 54.3 Å². The first kappa shape index (κ1) is 17.7. The second-order valence-corrected chi connectivity index (χ2v) is 8.21. The fourth-order valence-corrected chi connectivity index (χ4v) is 4.59. The Bertz CT molecular complexity index is 1140. The highest BCUT2D eigenvalue weighted by Gasteiger charge is 2.20. The van der Waals surface area contributed by atoms with Gasteiger partial charge in [-0.3, -0.25) is 9.88 Å². The Morgan fingerprint density at radius 3 is 3.00 bits per heavy atom. The van der Waals surface area contributed by atoms with E-state index in [-0.39, 0.29) is 5.82 Å². The average Bonchev–Trinajstić information content (AvgIpc) is 3.27. The van der Waals surface area contributed by atoms with Gasteiger partial charge >= 0.3 is 0 Å². The molecular formula is C21H17ClFN3OS. The van der Waals surface area contributed by atoms with Crippen LogP contribution >= 0.6 is 22.9 Å². The number of nitrogens with zero attached hydrogens (tertiary/aromatic N) is 3. The molecule has 0 atom stereocenters. The number of halogens is 2. The first-order valence-electron chi connectivity index (χ1n) is 8.99. The summed E-state index contributed by atoms with van der Waals surface area (Å²) >= 11 is 8.24. The van der Waals surface area contributed by atoms with Crippen molar-refractivity contribution in [3.63, 3.8) is 0 Å². The summed E-state index contributed by atoms with van der Waals surface area (Å²) in [5.74, 6) is 0.511. The van der Waals surface area contributed by atoms with Gasteiger partial charge in [-0.15, -0.1) is 11.3 Å². The molecule has 0 fully saturated rings. The predicted octanol–water partition coefficient (Wildman–Crippen LogP) is 5.27. The molecule has 7 heteroatoms. The zero-order chi connectivity index (χ0) is 19.1. The van der Waals surface area contributed by atoms with E-state index in [0.717, 1.165) is 47.5 Å². The molecule has 28 heavy (non-hydrogen) atoms. The monoisotopic (exact) mass is 413 g/mol. The number of hydrogen-bond donors (Lipinski definition) is 0. The summed E-state index contributed by atoms with van der Waals surface area (Å²) < 4.78 is 21.5. The molecule has 0 amide bonds. The molecule has 1 aliphatic heterocycles. The van der Waals surface area contributed by atoms with Crippen LogP contribution in [0.2, 0.25) is 5.02 Å². The van der Waals surface area contributed by atoms with Crippen LogP contribution in [0, 0.1) is 5.82 Å². The lowest BCUT2D eigenvalue weighted by Crippen LogP contribution is -2.24. The van der Waals surface area contributed by atoms with Crippen LogP contribution in [0.3, 0.4) is 0 Å². The molecule has 5 rings (SSSR count). The number of ether oxygens (including phenoxy) is 1. The lowest BCUT2D eigenvalue weighted by Gasteiger charge is -2.18. The second kappa shape index (κ2) is 7.20. The number of benzene rings is 2. The standard InChI is InChI=1S/C21H17ClFN3OS/c22-19-9-17(26-4-3-14-7-16(23)1-2-20(14)26)8-15-11-25(5-6-27-21(15)19)12-18-10-24-13-28-18/h1-4,7-10,13H,5-6,11-12H2. The second-order valence-electron chi connectivity index (χ2n) is 6.83. The van der Waals surface area contributed by atoms with Gasteiger partial charge in [-0.1, -0.05) is 11.6 Å². The van der Waals surface area contributed by atoms with E-state index in [1.54, 1.807) is 17.4 Å². The third-order valence-corrected chi connectivity index (χ3v) is 5.99. The molecule has 3 heterocycles. The number of thiazole rings is 1. The summed E-state index contributed by atoms with van der Waals surface area (Å²) in [5, 5.41) is 1.45. The smallest absolute Gasteiger partial charge is 0.142 e. The molecular weight excluding hydrogens is 397 g/mol. The van der Waals surface area contributed by atoms with Gasteiger partial charge in [0.2, 0.25) is 0 Å². The molecule has 0 bridgehead atoms. The third-order valence-electron chi connectivity index (χ3n) is 4.95. The van der Waals surface area contributed by atoms with Crippen LogP contribution in [0.1, 0.15) is 10.4 Å². The largest absolute Gasteiger partial charge is 0.490 e. The van der Waals surface area contributed by atoms with Crippen molar-refractivity contribution in [1.29, 1.82) is 0 Å². The molecule has 2 aromatic heterocycles. The number of fused-ring (bicyclic) bond motifs is 2. The van der Waals surface area contributed by atoms with E-state index in [4.69, 9.17) is 16.3 Å². The van der Waals surface area contributed by atoms with Crippen LogP contribution in [0.5, 0.6) is 5.75 Å². The summed E-state index contributed by atoms with van der Waals surface area (Å²) in [5.41, 5.74) is 4.78. The first-order chi connectivity index (χ1) is 13.7. The van der Waals surface area contributed by atoms with Gasteiger partial charge in [0.1, 0.15) is 18.2 Å². The molecule has 1 aliphatic rings. The van der Waals surface area contributed by atoms with Gasteiger partial charge in [0.25, 0.3) is 0 Å². The SMILES string of the molecule is Fc1ccc2c(ccn2-c2cc(Cl)c3c(c2)CN(Cc2cncs2)CCO3)c1. The zero-order valence-corrected chi connectivity index (χ0v) is 16.5. The summed E-state index contributed by atoms with van der Waals surface area (Å²) in [4.78, 5) is 7.72. The molecule has 4 nitrogen and oxygen atoms in total. The lowest BCUT2D eigenvalue weighted by molar-refractivity contribution is 0.221. The van der Waals surface area contributed by atoms with Crippen LogP contribution in [0.25, 0.3) is 16.6 Å². The van der Waals surface area contributed by atoms with Crippen molar-refractivity contribution in [2.45, 2.75) is 13.1 Å². The van der Waals surface area contributed by atoms with Crippen molar-refractivity contribution in [3.8, 4) is 11.4 Å². The Balaban J connectivity index is 1.53. The Hall–Kier alpha value is -2.41. The molecule has 0 aliphatic carbocycles. The van der Waals surface area contributed by atoms with Crippen molar-refractivity contribution in [2.75, 3.05) is 13.2 Å². The Morgan fingerprint density at radius 2 is 2.14 bits per heavy atom. The maximum atomic E-state index is 13.5. The van der Waals surface area contributed by atoms with Crippen molar-refractivity contribution < 1.29 is 9.13 Å². The van der Waals surface area contributed by atoms with E-state index < -0.39 is 0 Å². The number of hydrogen-bond acceptors (Lipinski definition) is 4. The number of rotatable bonds is 3. The van der Waals surface area contributed by atoms with Gasteiger partial charge in [-0.25, -0.2) is 4.39 Å². The molecule has 0 N–H and O–H groups in total. The maximum absolute atomic E-state index is 13.5. The van der Waals surface area contributed by atoms with Crippen molar-refractivity contribution >= 4 is 33.8 Å². The molecule has 0 unspecified atom stereocenters. The first-order valence-corrected chi connectivity index (χ1v) is 10.2. The highest BCUT2D eigenvalue weighted by molar-refractivity contribution is 7.09. The maximum Gasteiger partial charge on any atom is 0.142 e. The third kappa shape index (κ3) is 3.28. The number of aromatic nitrogens is 2. The van der Waals surface area contributed by atoms with Gasteiger partial charge in [-0.05, 0) is 36.4 Å². The lowest BCUT2D eigenvalue weighted by atomic mass is 10.1. The van der Waals surface area contributed by atoms with Gasteiger partial charge in [0, 0.05) is 53.5 Å². The Kier molecular flexibility index (Phi) is 4.55. The van der Waals surface area contributed by atoms with Crippen LogP contribution in [-0.4, -0.2) is 27.6 Å². The van der Waals surface area contributed by atoms with Gasteiger partial charge < -0.3 is 9.30 Å². The minimum Gasteiger partial charge on any atom is -0.490 e. The van der Waals surface area contributed by atoms with E-state index in [1.807, 2.05) is 34.6 Å². The summed E-state index contributed by atoms with van der Waals surface area (Å²) in [6.07, 6.45) is 3.85. The van der Waals surface area contributed by atoms with E-state index in [1.165, 1.54) is 17.0 Å². The van der Waals surface area contributed by atoms with Gasteiger partial charge in [0.15, 0.2) is 0 Å². The Morgan fingerprint density at radius 1 is 1.21 bits per heavy atom. The van der Waals surface area contributed by atoms with Gasteiger partial charge in [0.05, 0.1) is 16.0 Å². The van der Waals surface area contributed by atoms with Crippen LogP contribution in [-0.2, 0) is 13.1 Å². The summed E-state index contributed by atoms with van der Waals surface area (Å²) in [7, 11) is 0. The molecule has 142 valence electrons. The molecule has 0 radical (unpaired) electrons.